The number of rotatable bonds is 4. The molecule has 0 heterocycles. The number of ether oxygens (including phenoxy) is 1. The summed E-state index contributed by atoms with van der Waals surface area (Å²) < 4.78 is 6.61. The van der Waals surface area contributed by atoms with Gasteiger partial charge in [0.25, 0.3) is 0 Å². The van der Waals surface area contributed by atoms with Crippen LogP contribution >= 0.6 is 0 Å². The van der Waals surface area contributed by atoms with Crippen molar-refractivity contribution in [2.45, 2.75) is 91.1 Å². The summed E-state index contributed by atoms with van der Waals surface area (Å²) in [6, 6.07) is 0. The zero-order valence-electron chi connectivity index (χ0n) is 19.3. The van der Waals surface area contributed by atoms with Crippen LogP contribution in [0.4, 0.5) is 0 Å². The van der Waals surface area contributed by atoms with Crippen LogP contribution in [0.2, 0.25) is 0 Å². The third kappa shape index (κ3) is 2.62. The first-order valence-electron chi connectivity index (χ1n) is 12.3. The van der Waals surface area contributed by atoms with E-state index in [1.165, 1.54) is 5.57 Å². The Kier molecular flexibility index (Phi) is 4.49. The lowest BCUT2D eigenvalue weighted by Crippen LogP contribution is -2.58. The quantitative estimate of drug-likeness (QED) is 0.531. The summed E-state index contributed by atoms with van der Waals surface area (Å²) in [6.45, 7) is 13.1. The maximum absolute atomic E-state index is 13.1. The van der Waals surface area contributed by atoms with Gasteiger partial charge in [0.05, 0.1) is 5.76 Å². The first-order chi connectivity index (χ1) is 14.1. The van der Waals surface area contributed by atoms with Gasteiger partial charge in [-0.15, -0.1) is 0 Å². The Labute approximate surface area is 181 Å². The predicted molar refractivity (Wildman–Crippen MR) is 118 cm³/mol. The van der Waals surface area contributed by atoms with Crippen LogP contribution < -0.4 is 0 Å². The topological polar surface area (TPSA) is 43.4 Å². The minimum absolute atomic E-state index is 0.111. The van der Waals surface area contributed by atoms with Gasteiger partial charge in [0.1, 0.15) is 0 Å². The molecular weight excluding hydrogens is 372 g/mol. The number of carbonyl (C=O) groups is 2. The van der Waals surface area contributed by atoms with Gasteiger partial charge >= 0.3 is 0 Å². The molecule has 0 aromatic rings. The largest absolute Gasteiger partial charge is 0.484 e. The Morgan fingerprint density at radius 2 is 1.80 bits per heavy atom. The molecule has 0 spiro atoms. The van der Waals surface area contributed by atoms with Crippen LogP contribution in [0.5, 0.6) is 0 Å². The van der Waals surface area contributed by atoms with Crippen molar-refractivity contribution in [3.63, 3.8) is 0 Å². The lowest BCUT2D eigenvalue weighted by atomic mass is 9.44. The average molecular weight is 411 g/mol. The van der Waals surface area contributed by atoms with Gasteiger partial charge in [-0.3, -0.25) is 9.59 Å². The molecule has 0 amide bonds. The van der Waals surface area contributed by atoms with Gasteiger partial charge in [0.2, 0.25) is 0 Å². The lowest BCUT2D eigenvalue weighted by molar-refractivity contribution is -0.167. The summed E-state index contributed by atoms with van der Waals surface area (Å²) in [4.78, 5) is 25.3. The van der Waals surface area contributed by atoms with E-state index in [4.69, 9.17) is 4.74 Å². The van der Waals surface area contributed by atoms with Crippen LogP contribution in [0.3, 0.4) is 0 Å². The van der Waals surface area contributed by atoms with E-state index in [0.29, 0.717) is 41.8 Å². The molecule has 164 valence electrons. The molecule has 0 aromatic heterocycles. The summed E-state index contributed by atoms with van der Waals surface area (Å²) in [5.41, 5.74) is 0.764. The third-order valence-corrected chi connectivity index (χ3v) is 10.3. The van der Waals surface area contributed by atoms with Crippen LogP contribution in [0, 0.1) is 40.4 Å². The molecule has 30 heavy (non-hydrogen) atoms. The minimum atomic E-state index is -0.689. The van der Waals surface area contributed by atoms with Crippen molar-refractivity contribution in [3.8, 4) is 0 Å². The summed E-state index contributed by atoms with van der Waals surface area (Å²) >= 11 is 0. The molecule has 0 aromatic carbocycles. The fourth-order valence-electron chi connectivity index (χ4n) is 8.51. The number of ketones is 2. The average Bonchev–Trinajstić information content (AvgIpc) is 3.48. The SMILES string of the molecule is C=C(O[C@]1(C(C)=O)CC[C@H]2[C@@H]3C[C@H](C)C4=CC(=O)CC[C@]4(C)[C@H]3CC[C@@]21C)C1CC1. The Bertz CT molecular complexity index is 835. The van der Waals surface area contributed by atoms with Gasteiger partial charge in [0, 0.05) is 17.8 Å². The molecule has 0 aliphatic heterocycles. The molecule has 0 saturated heterocycles. The highest BCUT2D eigenvalue weighted by Crippen LogP contribution is 2.69. The van der Waals surface area contributed by atoms with Gasteiger partial charge in [-0.2, -0.15) is 0 Å². The predicted octanol–water partition coefficient (Wildman–Crippen LogP) is 6.03. The standard InChI is InChI=1S/C27H38O3/c1-16-14-21-22(25(4)11-8-20(29)15-24(16)25)9-12-26(5)23(21)10-13-27(26,18(3)28)30-17(2)19-6-7-19/h15-16,19,21-23H,2,6-14H2,1,3-5H3/t16-,21+,22-,23-,25+,26-,27-/m0/s1. The van der Waals surface area contributed by atoms with Crippen molar-refractivity contribution in [2.75, 3.05) is 0 Å². The second-order valence-electron chi connectivity index (χ2n) is 11.7. The van der Waals surface area contributed by atoms with Crippen molar-refractivity contribution in [1.82, 2.24) is 0 Å². The van der Waals surface area contributed by atoms with Gasteiger partial charge in [-0.25, -0.2) is 0 Å². The van der Waals surface area contributed by atoms with Crippen molar-refractivity contribution < 1.29 is 14.3 Å². The third-order valence-electron chi connectivity index (χ3n) is 10.3. The summed E-state index contributed by atoms with van der Waals surface area (Å²) in [5.74, 6) is 4.05. The van der Waals surface area contributed by atoms with E-state index in [2.05, 4.69) is 27.4 Å². The molecule has 0 radical (unpaired) electrons. The zero-order valence-corrected chi connectivity index (χ0v) is 19.3. The van der Waals surface area contributed by atoms with Crippen LogP contribution in [-0.2, 0) is 14.3 Å². The maximum atomic E-state index is 13.1. The summed E-state index contributed by atoms with van der Waals surface area (Å²) in [6.07, 6.45) is 11.2. The molecule has 0 bridgehead atoms. The molecule has 4 fully saturated rings. The molecular formula is C27H38O3. The van der Waals surface area contributed by atoms with Crippen LogP contribution in [0.15, 0.2) is 24.0 Å². The van der Waals surface area contributed by atoms with E-state index in [1.54, 1.807) is 6.92 Å². The number of hydrogen-bond donors (Lipinski definition) is 0. The normalized spacial score (nSPS) is 47.6. The highest BCUT2D eigenvalue weighted by molar-refractivity contribution is 5.91. The fourth-order valence-corrected chi connectivity index (χ4v) is 8.51. The second-order valence-corrected chi connectivity index (χ2v) is 11.7. The van der Waals surface area contributed by atoms with Gasteiger partial charge < -0.3 is 4.74 Å². The molecule has 5 rings (SSSR count). The zero-order chi connectivity index (χ0) is 21.5. The molecule has 0 unspecified atom stereocenters. The van der Waals surface area contributed by atoms with E-state index in [0.717, 1.165) is 57.1 Å². The monoisotopic (exact) mass is 410 g/mol. The second kappa shape index (κ2) is 6.56. The Hall–Kier alpha value is -1.38. The Balaban J connectivity index is 1.50. The van der Waals surface area contributed by atoms with Gasteiger partial charge in [0.15, 0.2) is 17.2 Å². The number of carbonyl (C=O) groups excluding carboxylic acids is 2. The number of Topliss-reactive ketones (excluding diaryl/α,β-unsaturated/α-hetero) is 1. The van der Waals surface area contributed by atoms with Crippen molar-refractivity contribution in [2.24, 2.45) is 40.4 Å². The summed E-state index contributed by atoms with van der Waals surface area (Å²) in [7, 11) is 0. The highest BCUT2D eigenvalue weighted by Gasteiger charge is 2.68. The molecule has 4 saturated carbocycles. The molecule has 0 N–H and O–H groups in total. The van der Waals surface area contributed by atoms with Crippen LogP contribution in [-0.4, -0.2) is 17.2 Å². The van der Waals surface area contributed by atoms with E-state index in [-0.39, 0.29) is 16.6 Å². The summed E-state index contributed by atoms with van der Waals surface area (Å²) in [5, 5.41) is 0. The molecule has 5 aliphatic carbocycles. The molecule has 3 heteroatoms. The van der Waals surface area contributed by atoms with Crippen molar-refractivity contribution in [1.29, 1.82) is 0 Å². The molecule has 5 aliphatic rings. The first-order valence-corrected chi connectivity index (χ1v) is 12.3. The number of fused-ring (bicyclic) bond motifs is 5. The van der Waals surface area contributed by atoms with E-state index < -0.39 is 5.60 Å². The molecule has 3 nitrogen and oxygen atoms in total. The van der Waals surface area contributed by atoms with E-state index >= 15 is 0 Å². The Morgan fingerprint density at radius 3 is 2.47 bits per heavy atom. The lowest BCUT2D eigenvalue weighted by Gasteiger charge is -2.60. The highest BCUT2D eigenvalue weighted by atomic mass is 16.5. The minimum Gasteiger partial charge on any atom is -0.484 e. The smallest absolute Gasteiger partial charge is 0.173 e. The Morgan fingerprint density at radius 1 is 1.10 bits per heavy atom. The van der Waals surface area contributed by atoms with Gasteiger partial charge in [-0.05, 0) is 93.5 Å². The van der Waals surface area contributed by atoms with Crippen molar-refractivity contribution >= 4 is 11.6 Å². The van der Waals surface area contributed by atoms with E-state index in [1.807, 2.05) is 6.08 Å². The fraction of sp³-hybridized carbons (Fsp3) is 0.778. The number of hydrogen-bond acceptors (Lipinski definition) is 3. The van der Waals surface area contributed by atoms with Gasteiger partial charge in [-0.1, -0.05) is 32.9 Å². The van der Waals surface area contributed by atoms with Crippen LogP contribution in [0.25, 0.3) is 0 Å². The first kappa shape index (κ1) is 20.5. The van der Waals surface area contributed by atoms with E-state index in [9.17, 15) is 9.59 Å². The van der Waals surface area contributed by atoms with Crippen LogP contribution in [0.1, 0.15) is 85.5 Å². The molecule has 7 atom stereocenters. The number of allylic oxidation sites excluding steroid dienone is 2. The van der Waals surface area contributed by atoms with Crippen molar-refractivity contribution in [3.05, 3.63) is 24.0 Å². The maximum Gasteiger partial charge on any atom is 0.173 e.